The lowest BCUT2D eigenvalue weighted by molar-refractivity contribution is 0.692. The number of nitrogens with zero attached hydrogens (tertiary/aromatic N) is 2. The van der Waals surface area contributed by atoms with Gasteiger partial charge in [0.2, 0.25) is 0 Å². The number of hydrogen-bond donors (Lipinski definition) is 1. The van der Waals surface area contributed by atoms with E-state index in [9.17, 15) is 0 Å². The minimum Gasteiger partial charge on any atom is -0.330 e. The maximum absolute atomic E-state index is 6.02. The van der Waals surface area contributed by atoms with Crippen LogP contribution in [-0.4, -0.2) is 16.3 Å². The van der Waals surface area contributed by atoms with Gasteiger partial charge in [-0.25, -0.2) is 0 Å². The minimum absolute atomic E-state index is 0.623. The summed E-state index contributed by atoms with van der Waals surface area (Å²) in [6.07, 6.45) is 0.833. The van der Waals surface area contributed by atoms with E-state index in [4.69, 9.17) is 17.3 Å². The quantitative estimate of drug-likeness (QED) is 0.937. The number of aryl methyl sites for hydroxylation is 2. The maximum atomic E-state index is 6.02. The molecule has 0 spiro atoms. The summed E-state index contributed by atoms with van der Waals surface area (Å²) in [5.41, 5.74) is 7.85. The van der Waals surface area contributed by atoms with Crippen molar-refractivity contribution in [3.8, 4) is 0 Å². The number of rotatable bonds is 4. The second kappa shape index (κ2) is 5.78. The molecular formula is C13H16ClN3S. The summed E-state index contributed by atoms with van der Waals surface area (Å²) < 4.78 is 1.89. The molecule has 0 aliphatic carbocycles. The average molecular weight is 282 g/mol. The molecule has 0 saturated heterocycles. The highest BCUT2D eigenvalue weighted by atomic mass is 35.5. The summed E-state index contributed by atoms with van der Waals surface area (Å²) in [5, 5.41) is 6.22. The molecule has 0 fully saturated rings. The van der Waals surface area contributed by atoms with E-state index in [0.717, 1.165) is 22.2 Å². The van der Waals surface area contributed by atoms with E-state index < -0.39 is 0 Å². The monoisotopic (exact) mass is 281 g/mol. The van der Waals surface area contributed by atoms with Crippen LogP contribution in [0.5, 0.6) is 0 Å². The Kier molecular flexibility index (Phi) is 4.32. The van der Waals surface area contributed by atoms with Crippen LogP contribution in [0, 0.1) is 6.92 Å². The van der Waals surface area contributed by atoms with Crippen LogP contribution in [-0.2, 0) is 13.5 Å². The van der Waals surface area contributed by atoms with Gasteiger partial charge in [0.15, 0.2) is 0 Å². The van der Waals surface area contributed by atoms with Crippen LogP contribution in [0.15, 0.2) is 34.2 Å². The number of hydrogen-bond acceptors (Lipinski definition) is 3. The molecule has 0 bridgehead atoms. The van der Waals surface area contributed by atoms with Gasteiger partial charge in [-0.05, 0) is 49.7 Å². The Balaban J connectivity index is 2.30. The van der Waals surface area contributed by atoms with Gasteiger partial charge in [0.25, 0.3) is 0 Å². The lowest BCUT2D eigenvalue weighted by atomic mass is 10.1. The van der Waals surface area contributed by atoms with Crippen molar-refractivity contribution in [3.63, 3.8) is 0 Å². The van der Waals surface area contributed by atoms with Crippen LogP contribution in [0.2, 0.25) is 5.02 Å². The van der Waals surface area contributed by atoms with Gasteiger partial charge < -0.3 is 5.73 Å². The van der Waals surface area contributed by atoms with Gasteiger partial charge in [0, 0.05) is 17.0 Å². The molecule has 0 aliphatic rings. The maximum Gasteiger partial charge on any atom is 0.0987 e. The van der Waals surface area contributed by atoms with E-state index in [0.29, 0.717) is 6.54 Å². The molecule has 0 aliphatic heterocycles. The van der Waals surface area contributed by atoms with Crippen molar-refractivity contribution in [1.82, 2.24) is 9.78 Å². The molecule has 0 radical (unpaired) electrons. The predicted octanol–water partition coefficient (Wildman–Crippen LogP) is 3.03. The Morgan fingerprint density at radius 1 is 1.39 bits per heavy atom. The normalized spacial score (nSPS) is 10.9. The Hall–Kier alpha value is -0.970. The molecule has 1 heterocycles. The summed E-state index contributed by atoms with van der Waals surface area (Å²) in [6.45, 7) is 2.62. The van der Waals surface area contributed by atoms with Crippen molar-refractivity contribution in [2.75, 3.05) is 6.54 Å². The molecule has 0 amide bonds. The van der Waals surface area contributed by atoms with Gasteiger partial charge >= 0.3 is 0 Å². The Morgan fingerprint density at radius 3 is 2.78 bits per heavy atom. The summed E-state index contributed by atoms with van der Waals surface area (Å²) in [5.74, 6) is 0. The average Bonchev–Trinajstić information content (AvgIpc) is 2.62. The topological polar surface area (TPSA) is 43.8 Å². The summed E-state index contributed by atoms with van der Waals surface area (Å²) >= 11 is 7.72. The molecular weight excluding hydrogens is 266 g/mol. The summed E-state index contributed by atoms with van der Waals surface area (Å²) in [7, 11) is 1.95. The number of halogens is 1. The first kappa shape index (κ1) is 13.5. The Morgan fingerprint density at radius 2 is 2.17 bits per heavy atom. The van der Waals surface area contributed by atoms with E-state index in [1.165, 1.54) is 10.5 Å². The minimum atomic E-state index is 0.623. The van der Waals surface area contributed by atoms with E-state index in [2.05, 4.69) is 11.2 Å². The van der Waals surface area contributed by atoms with Crippen molar-refractivity contribution in [3.05, 3.63) is 40.5 Å². The van der Waals surface area contributed by atoms with Gasteiger partial charge in [-0.15, -0.1) is 0 Å². The summed E-state index contributed by atoms with van der Waals surface area (Å²) in [6, 6.07) is 8.01. The number of nitrogens with two attached hydrogens (primary N) is 1. The van der Waals surface area contributed by atoms with Crippen LogP contribution in [0.1, 0.15) is 11.3 Å². The first-order chi connectivity index (χ1) is 8.60. The van der Waals surface area contributed by atoms with Crippen LogP contribution in [0.25, 0.3) is 0 Å². The van der Waals surface area contributed by atoms with Crippen LogP contribution in [0.4, 0.5) is 0 Å². The molecule has 0 unspecified atom stereocenters. The van der Waals surface area contributed by atoms with Gasteiger partial charge in [-0.2, -0.15) is 5.10 Å². The molecule has 5 heteroatoms. The highest BCUT2D eigenvalue weighted by molar-refractivity contribution is 7.99. The van der Waals surface area contributed by atoms with Crippen LogP contribution in [0.3, 0.4) is 0 Å². The second-order valence-electron chi connectivity index (χ2n) is 4.14. The van der Waals surface area contributed by atoms with Gasteiger partial charge in [0.1, 0.15) is 0 Å². The molecule has 0 atom stereocenters. The molecule has 3 nitrogen and oxygen atoms in total. The Labute approximate surface area is 116 Å². The molecule has 96 valence electrons. The summed E-state index contributed by atoms with van der Waals surface area (Å²) in [4.78, 5) is 1.19. The first-order valence-corrected chi connectivity index (χ1v) is 6.96. The molecule has 18 heavy (non-hydrogen) atoms. The zero-order valence-corrected chi connectivity index (χ0v) is 12.1. The van der Waals surface area contributed by atoms with Gasteiger partial charge in [-0.3, -0.25) is 4.68 Å². The van der Waals surface area contributed by atoms with Gasteiger partial charge in [0.05, 0.1) is 10.7 Å². The molecule has 2 N–H and O–H groups in total. The van der Waals surface area contributed by atoms with Gasteiger partial charge in [-0.1, -0.05) is 23.4 Å². The lowest BCUT2D eigenvalue weighted by Gasteiger charge is -2.08. The Bertz CT molecular complexity index is 551. The molecule has 0 saturated carbocycles. The van der Waals surface area contributed by atoms with E-state index in [1.54, 1.807) is 11.8 Å². The fraction of sp³-hybridized carbons (Fsp3) is 0.308. The standard InChI is InChI=1S/C13H16ClN3S/c1-9-7-13(17(2)16-9)18-12-4-3-11(14)8-10(12)5-6-15/h3-4,7-8H,5-6,15H2,1-2H3. The number of aromatic nitrogens is 2. The third kappa shape index (κ3) is 3.07. The van der Waals surface area contributed by atoms with Crippen molar-refractivity contribution in [1.29, 1.82) is 0 Å². The predicted molar refractivity (Wildman–Crippen MR) is 76.3 cm³/mol. The third-order valence-electron chi connectivity index (χ3n) is 2.61. The fourth-order valence-corrected chi connectivity index (χ4v) is 3.04. The van der Waals surface area contributed by atoms with E-state index in [1.807, 2.05) is 36.9 Å². The van der Waals surface area contributed by atoms with E-state index >= 15 is 0 Å². The zero-order chi connectivity index (χ0) is 13.1. The first-order valence-electron chi connectivity index (χ1n) is 5.77. The zero-order valence-electron chi connectivity index (χ0n) is 10.5. The molecule has 2 aromatic rings. The smallest absolute Gasteiger partial charge is 0.0987 e. The number of benzene rings is 1. The van der Waals surface area contributed by atoms with Crippen LogP contribution < -0.4 is 5.73 Å². The second-order valence-corrected chi connectivity index (χ2v) is 5.64. The fourth-order valence-electron chi connectivity index (χ4n) is 1.79. The highest BCUT2D eigenvalue weighted by Crippen LogP contribution is 2.32. The SMILES string of the molecule is Cc1cc(Sc2ccc(Cl)cc2CCN)n(C)n1. The van der Waals surface area contributed by atoms with Crippen molar-refractivity contribution < 1.29 is 0 Å². The van der Waals surface area contributed by atoms with Crippen molar-refractivity contribution in [2.45, 2.75) is 23.3 Å². The third-order valence-corrected chi connectivity index (χ3v) is 4.05. The lowest BCUT2D eigenvalue weighted by Crippen LogP contribution is -2.04. The van der Waals surface area contributed by atoms with Crippen LogP contribution >= 0.6 is 23.4 Å². The molecule has 1 aromatic carbocycles. The molecule has 2 rings (SSSR count). The highest BCUT2D eigenvalue weighted by Gasteiger charge is 2.08. The molecule has 1 aromatic heterocycles. The van der Waals surface area contributed by atoms with E-state index in [-0.39, 0.29) is 0 Å². The largest absolute Gasteiger partial charge is 0.330 e. The van der Waals surface area contributed by atoms with Crippen molar-refractivity contribution >= 4 is 23.4 Å². The van der Waals surface area contributed by atoms with Crippen molar-refractivity contribution in [2.24, 2.45) is 12.8 Å².